The van der Waals surface area contributed by atoms with Gasteiger partial charge < -0.3 is 4.74 Å². The maximum atomic E-state index is 12.8. The fraction of sp³-hybridized carbons (Fsp3) is 0.278. The van der Waals surface area contributed by atoms with Gasteiger partial charge in [0.2, 0.25) is 10.0 Å². The van der Waals surface area contributed by atoms with Crippen molar-refractivity contribution < 1.29 is 23.2 Å². The number of fused-ring (bicyclic) bond motifs is 2. The number of sulfonamides is 1. The first-order chi connectivity index (χ1) is 12.8. The largest absolute Gasteiger partial charge is 0.455 e. The van der Waals surface area contributed by atoms with Crippen LogP contribution in [-0.4, -0.2) is 25.6 Å². The summed E-state index contributed by atoms with van der Waals surface area (Å²) >= 11 is 1.42. The van der Waals surface area contributed by atoms with E-state index < -0.39 is 22.0 Å². The zero-order valence-corrected chi connectivity index (χ0v) is 16.4. The van der Waals surface area contributed by atoms with Gasteiger partial charge in [0.15, 0.2) is 0 Å². The first-order valence-electron chi connectivity index (χ1n) is 8.35. The number of rotatable bonds is 6. The van der Waals surface area contributed by atoms with Crippen molar-refractivity contribution in [1.29, 1.82) is 0 Å². The van der Waals surface area contributed by atoms with Gasteiger partial charge in [-0.1, -0.05) is 37.7 Å². The van der Waals surface area contributed by atoms with Gasteiger partial charge >= 0.3 is 0 Å². The summed E-state index contributed by atoms with van der Waals surface area (Å²) in [4.78, 5) is 13.4. The number of amides is 1. The number of para-hydroxylation sites is 1. The minimum atomic E-state index is -3.96. The van der Waals surface area contributed by atoms with Gasteiger partial charge in [-0.2, -0.15) is 4.72 Å². The first-order valence-corrected chi connectivity index (χ1v) is 10.6. The predicted molar refractivity (Wildman–Crippen MR) is 101 cm³/mol. The van der Waals surface area contributed by atoms with Crippen LogP contribution in [-0.2, 0) is 14.8 Å². The van der Waals surface area contributed by atoms with Crippen molar-refractivity contribution in [2.24, 2.45) is 5.92 Å². The molecule has 0 fully saturated rings. The second-order valence-corrected chi connectivity index (χ2v) is 9.34. The first kappa shape index (κ1) is 19.7. The van der Waals surface area contributed by atoms with Crippen LogP contribution in [0.4, 0.5) is 0 Å². The van der Waals surface area contributed by atoms with Crippen LogP contribution in [0, 0.1) is 5.92 Å². The average molecular weight is 409 g/mol. The molecule has 3 N–H and O–H groups in total. The highest BCUT2D eigenvalue weighted by atomic mass is 32.2. The van der Waals surface area contributed by atoms with Gasteiger partial charge in [-0.3, -0.25) is 10.0 Å². The molecule has 0 saturated heterocycles. The van der Waals surface area contributed by atoms with E-state index in [1.54, 1.807) is 6.07 Å². The zero-order chi connectivity index (χ0) is 19.6. The molecule has 3 rings (SSSR count). The van der Waals surface area contributed by atoms with Gasteiger partial charge in [-0.05, 0) is 42.7 Å². The lowest BCUT2D eigenvalue weighted by molar-refractivity contribution is -0.131. The highest BCUT2D eigenvalue weighted by molar-refractivity contribution is 7.99. The molecule has 0 aromatic heterocycles. The quantitative estimate of drug-likeness (QED) is 0.428. The maximum absolute atomic E-state index is 12.8. The van der Waals surface area contributed by atoms with Crippen molar-refractivity contribution in [2.75, 3.05) is 0 Å². The molecule has 1 atom stereocenters. The summed E-state index contributed by atoms with van der Waals surface area (Å²) in [6.07, 6.45) is 0.252. The summed E-state index contributed by atoms with van der Waals surface area (Å²) in [5.41, 5.74) is 1.52. The number of carbonyl (C=O) groups is 1. The summed E-state index contributed by atoms with van der Waals surface area (Å²) in [5.74, 6) is 0.556. The Labute approximate surface area is 162 Å². The molecule has 1 unspecified atom stereocenters. The Morgan fingerprint density at radius 3 is 2.56 bits per heavy atom. The molecule has 0 spiro atoms. The second kappa shape index (κ2) is 7.89. The monoisotopic (exact) mass is 408 g/mol. The molecule has 0 saturated carbocycles. The SMILES string of the molecule is CC(C)CC(NS(=O)(=O)c1ccc2c(c1)Sc1ccccc1O2)C(=O)NO. The molecule has 0 radical (unpaired) electrons. The highest BCUT2D eigenvalue weighted by Crippen LogP contribution is 2.47. The lowest BCUT2D eigenvalue weighted by atomic mass is 10.0. The van der Waals surface area contributed by atoms with E-state index in [-0.39, 0.29) is 17.2 Å². The Morgan fingerprint density at radius 2 is 1.85 bits per heavy atom. The number of benzene rings is 2. The van der Waals surface area contributed by atoms with E-state index in [0.29, 0.717) is 10.6 Å². The minimum absolute atomic E-state index is 0.0243. The van der Waals surface area contributed by atoms with Crippen molar-refractivity contribution in [3.63, 3.8) is 0 Å². The van der Waals surface area contributed by atoms with Crippen LogP contribution in [0.5, 0.6) is 11.5 Å². The number of ether oxygens (including phenoxy) is 1. The van der Waals surface area contributed by atoms with Crippen LogP contribution in [0.25, 0.3) is 0 Å². The van der Waals surface area contributed by atoms with Crippen molar-refractivity contribution >= 4 is 27.7 Å². The van der Waals surface area contributed by atoms with Gasteiger partial charge in [0.05, 0.1) is 14.7 Å². The third-order valence-electron chi connectivity index (χ3n) is 3.95. The normalized spacial score (nSPS) is 14.1. The smallest absolute Gasteiger partial charge is 0.261 e. The van der Waals surface area contributed by atoms with Gasteiger partial charge in [0, 0.05) is 0 Å². The van der Waals surface area contributed by atoms with E-state index in [0.717, 1.165) is 10.6 Å². The molecule has 27 heavy (non-hydrogen) atoms. The van der Waals surface area contributed by atoms with Crippen LogP contribution in [0.3, 0.4) is 0 Å². The Balaban J connectivity index is 1.86. The van der Waals surface area contributed by atoms with E-state index in [1.807, 2.05) is 38.1 Å². The molecule has 2 aromatic carbocycles. The summed E-state index contributed by atoms with van der Waals surface area (Å²) < 4.78 is 33.7. The Hall–Kier alpha value is -2.07. The number of nitrogens with one attached hydrogen (secondary N) is 2. The van der Waals surface area contributed by atoms with Crippen molar-refractivity contribution in [1.82, 2.24) is 10.2 Å². The third kappa shape index (κ3) is 4.44. The minimum Gasteiger partial charge on any atom is -0.455 e. The molecule has 1 aliphatic rings. The molecular formula is C18H20N2O5S2. The molecular weight excluding hydrogens is 388 g/mol. The zero-order valence-electron chi connectivity index (χ0n) is 14.8. The number of hydrogen-bond donors (Lipinski definition) is 3. The van der Waals surface area contributed by atoms with Crippen LogP contribution < -0.4 is 14.9 Å². The van der Waals surface area contributed by atoms with Crippen molar-refractivity contribution in [3.05, 3.63) is 42.5 Å². The molecule has 7 nitrogen and oxygen atoms in total. The summed E-state index contributed by atoms with van der Waals surface area (Å²) in [5, 5.41) is 8.88. The molecule has 1 aliphatic heterocycles. The topological polar surface area (TPSA) is 105 Å². The van der Waals surface area contributed by atoms with Crippen LogP contribution in [0.15, 0.2) is 57.2 Å². The fourth-order valence-corrected chi connectivity index (χ4v) is 4.99. The summed E-state index contributed by atoms with van der Waals surface area (Å²) in [6, 6.07) is 11.0. The molecule has 0 aliphatic carbocycles. The second-order valence-electron chi connectivity index (χ2n) is 6.54. The van der Waals surface area contributed by atoms with Crippen molar-refractivity contribution in [3.8, 4) is 11.5 Å². The van der Waals surface area contributed by atoms with Crippen LogP contribution in [0.1, 0.15) is 20.3 Å². The van der Waals surface area contributed by atoms with Gasteiger partial charge in [0.25, 0.3) is 5.91 Å². The highest BCUT2D eigenvalue weighted by Gasteiger charge is 2.28. The predicted octanol–water partition coefficient (Wildman–Crippen LogP) is 3.14. The lowest BCUT2D eigenvalue weighted by Crippen LogP contribution is -2.46. The van der Waals surface area contributed by atoms with Crippen LogP contribution >= 0.6 is 11.8 Å². The number of carbonyl (C=O) groups excluding carboxylic acids is 1. The third-order valence-corrected chi connectivity index (χ3v) is 6.51. The Bertz CT molecular complexity index is 960. The maximum Gasteiger partial charge on any atom is 0.261 e. The Morgan fingerprint density at radius 1 is 1.15 bits per heavy atom. The Kier molecular flexibility index (Phi) is 5.75. The van der Waals surface area contributed by atoms with E-state index >= 15 is 0 Å². The molecule has 0 bridgehead atoms. The van der Waals surface area contributed by atoms with E-state index in [9.17, 15) is 13.2 Å². The van der Waals surface area contributed by atoms with Gasteiger partial charge in [-0.15, -0.1) is 0 Å². The van der Waals surface area contributed by atoms with E-state index in [4.69, 9.17) is 9.94 Å². The van der Waals surface area contributed by atoms with E-state index in [1.165, 1.54) is 29.4 Å². The van der Waals surface area contributed by atoms with Gasteiger partial charge in [-0.25, -0.2) is 13.9 Å². The average Bonchev–Trinajstić information content (AvgIpc) is 2.64. The lowest BCUT2D eigenvalue weighted by Gasteiger charge is -2.21. The fourth-order valence-electron chi connectivity index (χ4n) is 2.69. The van der Waals surface area contributed by atoms with Crippen molar-refractivity contribution in [2.45, 2.75) is 41.0 Å². The summed E-state index contributed by atoms with van der Waals surface area (Å²) in [6.45, 7) is 3.71. The van der Waals surface area contributed by atoms with Crippen LogP contribution in [0.2, 0.25) is 0 Å². The molecule has 1 amide bonds. The molecule has 9 heteroatoms. The molecule has 2 aromatic rings. The van der Waals surface area contributed by atoms with Gasteiger partial charge in [0.1, 0.15) is 17.5 Å². The summed E-state index contributed by atoms with van der Waals surface area (Å²) in [7, 11) is -3.96. The number of hydroxylamine groups is 1. The van der Waals surface area contributed by atoms with E-state index in [2.05, 4.69) is 4.72 Å². The standard InChI is InChI=1S/C18H20N2O5S2/c1-11(2)9-13(18(21)19-22)20-27(23,24)12-7-8-15-17(10-12)26-16-6-4-3-5-14(16)25-15/h3-8,10-11,13,20,22H,9H2,1-2H3,(H,19,21). The number of hydrogen-bond acceptors (Lipinski definition) is 6. The molecule has 1 heterocycles. The molecule has 144 valence electrons.